The summed E-state index contributed by atoms with van der Waals surface area (Å²) < 4.78 is 0. The number of oxime groups is 1. The van der Waals surface area contributed by atoms with Crippen molar-refractivity contribution >= 4 is 11.7 Å². The lowest BCUT2D eigenvalue weighted by Gasteiger charge is -2.37. The van der Waals surface area contributed by atoms with Gasteiger partial charge in [0.1, 0.15) is 5.54 Å². The summed E-state index contributed by atoms with van der Waals surface area (Å²) in [6, 6.07) is 0. The Morgan fingerprint density at radius 3 is 2.33 bits per heavy atom. The Morgan fingerprint density at radius 2 is 1.76 bits per heavy atom. The summed E-state index contributed by atoms with van der Waals surface area (Å²) in [7, 11) is 0. The van der Waals surface area contributed by atoms with E-state index in [1.54, 1.807) is 0 Å². The van der Waals surface area contributed by atoms with E-state index in [1.165, 1.54) is 19.3 Å². The summed E-state index contributed by atoms with van der Waals surface area (Å²) in [6.07, 6.45) is 8.80. The summed E-state index contributed by atoms with van der Waals surface area (Å²) >= 11 is 0. The van der Waals surface area contributed by atoms with E-state index in [0.717, 1.165) is 43.9 Å². The molecule has 4 rings (SSSR count). The van der Waals surface area contributed by atoms with E-state index < -0.39 is 5.54 Å². The number of amidine groups is 1. The van der Waals surface area contributed by atoms with Crippen LogP contribution in [0.15, 0.2) is 5.16 Å². The zero-order valence-electron chi connectivity index (χ0n) is 12.4. The molecule has 5 nitrogen and oxygen atoms in total. The summed E-state index contributed by atoms with van der Waals surface area (Å²) in [6.45, 7) is 0. The predicted octanol–water partition coefficient (Wildman–Crippen LogP) is 1.84. The van der Waals surface area contributed by atoms with Gasteiger partial charge in [-0.15, -0.1) is 0 Å². The van der Waals surface area contributed by atoms with Crippen molar-refractivity contribution in [3.63, 3.8) is 0 Å². The van der Waals surface area contributed by atoms with Gasteiger partial charge in [0.15, 0.2) is 5.84 Å². The topological polar surface area (TPSA) is 87.7 Å². The van der Waals surface area contributed by atoms with Crippen molar-refractivity contribution in [1.82, 2.24) is 5.32 Å². The minimum atomic E-state index is -0.597. The van der Waals surface area contributed by atoms with Crippen LogP contribution in [0.5, 0.6) is 0 Å². The van der Waals surface area contributed by atoms with Crippen LogP contribution >= 0.6 is 0 Å². The van der Waals surface area contributed by atoms with Crippen LogP contribution in [0.4, 0.5) is 0 Å². The lowest BCUT2D eigenvalue weighted by molar-refractivity contribution is -0.124. The molecule has 5 heteroatoms. The Hall–Kier alpha value is -1.26. The van der Waals surface area contributed by atoms with Crippen molar-refractivity contribution in [2.75, 3.05) is 0 Å². The maximum Gasteiger partial charge on any atom is 0.224 e. The maximum atomic E-state index is 12.7. The van der Waals surface area contributed by atoms with Gasteiger partial charge in [0.2, 0.25) is 5.91 Å². The quantitative estimate of drug-likeness (QED) is 0.321. The number of nitrogens with one attached hydrogen (secondary N) is 1. The van der Waals surface area contributed by atoms with Crippen LogP contribution in [-0.4, -0.2) is 22.5 Å². The largest absolute Gasteiger partial charge is 0.409 e. The molecule has 1 amide bonds. The average molecular weight is 291 g/mol. The first-order valence-corrected chi connectivity index (χ1v) is 8.46. The van der Waals surface area contributed by atoms with Gasteiger partial charge < -0.3 is 16.3 Å². The molecule has 4 N–H and O–H groups in total. The number of fused-ring (bicyclic) bond motifs is 5. The SMILES string of the molecule is NC(=NO)C1(NC(=O)C2C3C4CCC(C4)C23)CCCCC1. The van der Waals surface area contributed by atoms with Crippen molar-refractivity contribution in [2.24, 2.45) is 40.5 Å². The monoisotopic (exact) mass is 291 g/mol. The van der Waals surface area contributed by atoms with Crippen LogP contribution in [0.2, 0.25) is 0 Å². The van der Waals surface area contributed by atoms with E-state index in [2.05, 4.69) is 10.5 Å². The third-order valence-corrected chi connectivity index (χ3v) is 6.71. The Labute approximate surface area is 125 Å². The minimum Gasteiger partial charge on any atom is -0.409 e. The highest BCUT2D eigenvalue weighted by molar-refractivity contribution is 5.95. The lowest BCUT2D eigenvalue weighted by Crippen LogP contribution is -2.59. The molecule has 116 valence electrons. The molecule has 0 spiro atoms. The molecule has 0 aliphatic heterocycles. The van der Waals surface area contributed by atoms with Crippen molar-refractivity contribution in [2.45, 2.75) is 56.9 Å². The molecule has 4 fully saturated rings. The molecule has 4 aliphatic carbocycles. The molecular weight excluding hydrogens is 266 g/mol. The number of nitrogens with two attached hydrogens (primary N) is 1. The van der Waals surface area contributed by atoms with Crippen LogP contribution in [-0.2, 0) is 4.79 Å². The van der Waals surface area contributed by atoms with Crippen molar-refractivity contribution < 1.29 is 10.0 Å². The van der Waals surface area contributed by atoms with Gasteiger partial charge in [0.05, 0.1) is 0 Å². The number of carbonyl (C=O) groups is 1. The summed E-state index contributed by atoms with van der Waals surface area (Å²) in [5, 5.41) is 15.5. The molecular formula is C16H25N3O2. The van der Waals surface area contributed by atoms with Crippen molar-refractivity contribution in [1.29, 1.82) is 0 Å². The smallest absolute Gasteiger partial charge is 0.224 e. The van der Waals surface area contributed by atoms with E-state index in [4.69, 9.17) is 10.9 Å². The van der Waals surface area contributed by atoms with Gasteiger partial charge in [-0.05, 0) is 55.8 Å². The molecule has 0 saturated heterocycles. The maximum absolute atomic E-state index is 12.7. The van der Waals surface area contributed by atoms with Crippen LogP contribution < -0.4 is 11.1 Å². The fourth-order valence-corrected chi connectivity index (χ4v) is 5.69. The third kappa shape index (κ3) is 1.89. The summed E-state index contributed by atoms with van der Waals surface area (Å²) in [5.74, 6) is 3.41. The summed E-state index contributed by atoms with van der Waals surface area (Å²) in [5.41, 5.74) is 5.32. The number of hydrogen-bond acceptors (Lipinski definition) is 3. The first kappa shape index (κ1) is 13.4. The molecule has 4 aliphatic rings. The molecule has 0 aromatic rings. The van der Waals surface area contributed by atoms with E-state index >= 15 is 0 Å². The molecule has 4 unspecified atom stereocenters. The first-order valence-electron chi connectivity index (χ1n) is 8.46. The van der Waals surface area contributed by atoms with Crippen LogP contribution in [0.25, 0.3) is 0 Å². The second kappa shape index (κ2) is 4.62. The molecule has 0 aromatic carbocycles. The first-order chi connectivity index (χ1) is 10.2. The van der Waals surface area contributed by atoms with Crippen LogP contribution in [0, 0.1) is 29.6 Å². The van der Waals surface area contributed by atoms with Gasteiger partial charge in [-0.3, -0.25) is 4.79 Å². The lowest BCUT2D eigenvalue weighted by atomic mass is 9.80. The number of hydrogen-bond donors (Lipinski definition) is 3. The second-order valence-corrected chi connectivity index (χ2v) is 7.63. The van der Waals surface area contributed by atoms with E-state index in [9.17, 15) is 4.79 Å². The zero-order valence-corrected chi connectivity index (χ0v) is 12.4. The Balaban J connectivity index is 1.48. The molecule has 0 heterocycles. The number of amides is 1. The number of rotatable bonds is 3. The molecule has 4 atom stereocenters. The van der Waals surface area contributed by atoms with Crippen molar-refractivity contribution in [3.8, 4) is 0 Å². The highest BCUT2D eigenvalue weighted by Gasteiger charge is 2.67. The van der Waals surface area contributed by atoms with Gasteiger partial charge >= 0.3 is 0 Å². The van der Waals surface area contributed by atoms with E-state index in [-0.39, 0.29) is 17.7 Å². The molecule has 4 saturated carbocycles. The van der Waals surface area contributed by atoms with E-state index in [1.807, 2.05) is 0 Å². The van der Waals surface area contributed by atoms with Gasteiger partial charge in [-0.25, -0.2) is 0 Å². The Morgan fingerprint density at radius 1 is 1.14 bits per heavy atom. The molecule has 2 bridgehead atoms. The average Bonchev–Trinajstić information content (AvgIpc) is 2.96. The summed E-state index contributed by atoms with van der Waals surface area (Å²) in [4.78, 5) is 12.7. The normalized spacial score (nSPS) is 43.4. The number of nitrogens with zero attached hydrogens (tertiary/aromatic N) is 1. The van der Waals surface area contributed by atoms with Crippen molar-refractivity contribution in [3.05, 3.63) is 0 Å². The number of carbonyl (C=O) groups excluding carboxylic acids is 1. The minimum absolute atomic E-state index is 0.162. The Kier molecular flexibility index (Phi) is 2.95. The van der Waals surface area contributed by atoms with E-state index in [0.29, 0.717) is 11.8 Å². The van der Waals surface area contributed by atoms with Gasteiger partial charge in [0, 0.05) is 5.92 Å². The van der Waals surface area contributed by atoms with Gasteiger partial charge in [0.25, 0.3) is 0 Å². The fraction of sp³-hybridized carbons (Fsp3) is 0.875. The Bertz CT molecular complexity index is 468. The highest BCUT2D eigenvalue weighted by atomic mass is 16.4. The van der Waals surface area contributed by atoms with Gasteiger partial charge in [-0.1, -0.05) is 24.4 Å². The second-order valence-electron chi connectivity index (χ2n) is 7.63. The fourth-order valence-electron chi connectivity index (χ4n) is 5.69. The van der Waals surface area contributed by atoms with Crippen LogP contribution in [0.3, 0.4) is 0 Å². The predicted molar refractivity (Wildman–Crippen MR) is 78.7 cm³/mol. The van der Waals surface area contributed by atoms with Crippen LogP contribution in [0.1, 0.15) is 51.4 Å². The molecule has 0 aromatic heterocycles. The highest BCUT2D eigenvalue weighted by Crippen LogP contribution is 2.69. The molecule has 21 heavy (non-hydrogen) atoms. The third-order valence-electron chi connectivity index (χ3n) is 6.71. The van der Waals surface area contributed by atoms with Gasteiger partial charge in [-0.2, -0.15) is 0 Å². The zero-order chi connectivity index (χ0) is 14.6. The standard InChI is InChI=1S/C16H25N3O2/c17-15(19-21)16(6-2-1-3-7-16)18-14(20)13-11-9-4-5-10(8-9)12(11)13/h9-13,21H,1-8H2,(H2,17,19)(H,18,20). The molecule has 0 radical (unpaired) electrons.